The molecule has 3 nitrogen and oxygen atoms in total. The molecule has 3 heteroatoms. The van der Waals surface area contributed by atoms with Crippen LogP contribution in [0.25, 0.3) is 11.0 Å². The number of nitrogens with zero attached hydrogens (tertiary/aromatic N) is 1. The standard InChI is InChI=1S/C11H9NO2/c1-12-9-4-7-2-3-14-10(7)5-8(9)6-11(12)13/h2-5H,6H2,1H3. The molecule has 1 amide bonds. The van der Waals surface area contributed by atoms with Gasteiger partial charge in [-0.25, -0.2) is 0 Å². The van der Waals surface area contributed by atoms with Crippen molar-refractivity contribution in [1.82, 2.24) is 0 Å². The number of benzene rings is 1. The lowest BCUT2D eigenvalue weighted by molar-refractivity contribution is -0.117. The highest BCUT2D eigenvalue weighted by atomic mass is 16.3. The Kier molecular flexibility index (Phi) is 1.29. The number of carbonyl (C=O) groups is 1. The van der Waals surface area contributed by atoms with Gasteiger partial charge in [-0.3, -0.25) is 4.79 Å². The molecule has 1 aliphatic rings. The Balaban J connectivity index is 2.32. The number of carbonyl (C=O) groups excluding carboxylic acids is 1. The molecule has 0 aliphatic carbocycles. The Morgan fingerprint density at radius 3 is 3.14 bits per heavy atom. The van der Waals surface area contributed by atoms with Gasteiger partial charge in [0.05, 0.1) is 12.7 Å². The van der Waals surface area contributed by atoms with E-state index in [1.165, 1.54) is 0 Å². The van der Waals surface area contributed by atoms with Crippen LogP contribution in [0.15, 0.2) is 28.9 Å². The SMILES string of the molecule is CN1C(=O)Cc2cc3occc3cc21. The minimum Gasteiger partial charge on any atom is -0.464 e. The molecule has 1 aromatic heterocycles. The van der Waals surface area contributed by atoms with E-state index in [0.29, 0.717) is 6.42 Å². The zero-order valence-electron chi connectivity index (χ0n) is 7.78. The summed E-state index contributed by atoms with van der Waals surface area (Å²) >= 11 is 0. The molecule has 3 rings (SSSR count). The van der Waals surface area contributed by atoms with Crippen LogP contribution >= 0.6 is 0 Å². The first-order chi connectivity index (χ1) is 6.75. The van der Waals surface area contributed by atoms with E-state index in [1.807, 2.05) is 18.2 Å². The van der Waals surface area contributed by atoms with Gasteiger partial charge in [0, 0.05) is 18.1 Å². The Labute approximate surface area is 80.9 Å². The summed E-state index contributed by atoms with van der Waals surface area (Å²) in [4.78, 5) is 13.1. The van der Waals surface area contributed by atoms with Gasteiger partial charge >= 0.3 is 0 Å². The van der Waals surface area contributed by atoms with Gasteiger partial charge in [-0.05, 0) is 23.8 Å². The summed E-state index contributed by atoms with van der Waals surface area (Å²) in [5.74, 6) is 0.146. The quantitative estimate of drug-likeness (QED) is 0.631. The number of fused-ring (bicyclic) bond motifs is 2. The lowest BCUT2D eigenvalue weighted by Gasteiger charge is -2.09. The largest absolute Gasteiger partial charge is 0.464 e. The van der Waals surface area contributed by atoms with E-state index in [9.17, 15) is 4.79 Å². The van der Waals surface area contributed by atoms with Crippen LogP contribution in [0.3, 0.4) is 0 Å². The maximum atomic E-state index is 11.4. The minimum absolute atomic E-state index is 0.146. The maximum absolute atomic E-state index is 11.4. The zero-order chi connectivity index (χ0) is 9.71. The maximum Gasteiger partial charge on any atom is 0.231 e. The smallest absolute Gasteiger partial charge is 0.231 e. The number of anilines is 1. The third-order valence-electron chi connectivity index (χ3n) is 2.73. The number of rotatable bonds is 0. The van der Waals surface area contributed by atoms with Gasteiger partial charge in [0.1, 0.15) is 5.58 Å². The van der Waals surface area contributed by atoms with Crippen LogP contribution < -0.4 is 4.90 Å². The van der Waals surface area contributed by atoms with Crippen LogP contribution in [0, 0.1) is 0 Å². The van der Waals surface area contributed by atoms with Crippen molar-refractivity contribution >= 4 is 22.6 Å². The average Bonchev–Trinajstić information content (AvgIpc) is 2.70. The fourth-order valence-corrected chi connectivity index (χ4v) is 1.91. The first kappa shape index (κ1) is 7.62. The van der Waals surface area contributed by atoms with Gasteiger partial charge in [-0.2, -0.15) is 0 Å². The van der Waals surface area contributed by atoms with Gasteiger partial charge in [-0.15, -0.1) is 0 Å². The second kappa shape index (κ2) is 2.38. The summed E-state index contributed by atoms with van der Waals surface area (Å²) in [6, 6.07) is 5.86. The van der Waals surface area contributed by atoms with Crippen LogP contribution in [0.4, 0.5) is 5.69 Å². The molecule has 1 aromatic carbocycles. The molecule has 70 valence electrons. The molecule has 0 N–H and O–H groups in total. The molecule has 0 atom stereocenters. The van der Waals surface area contributed by atoms with E-state index in [2.05, 4.69) is 0 Å². The zero-order valence-corrected chi connectivity index (χ0v) is 7.78. The molecule has 2 aromatic rings. The number of likely N-dealkylation sites (N-methyl/N-ethyl adjacent to an activating group) is 1. The first-order valence-corrected chi connectivity index (χ1v) is 4.52. The molecule has 0 saturated carbocycles. The van der Waals surface area contributed by atoms with Crippen LogP contribution in [0.2, 0.25) is 0 Å². The fraction of sp³-hybridized carbons (Fsp3) is 0.182. The van der Waals surface area contributed by atoms with Gasteiger partial charge in [-0.1, -0.05) is 0 Å². The number of furan rings is 1. The van der Waals surface area contributed by atoms with E-state index in [1.54, 1.807) is 18.2 Å². The van der Waals surface area contributed by atoms with Crippen LogP contribution in [0.5, 0.6) is 0 Å². The molecular formula is C11H9NO2. The second-order valence-electron chi connectivity index (χ2n) is 3.57. The highest BCUT2D eigenvalue weighted by Crippen LogP contribution is 2.32. The van der Waals surface area contributed by atoms with E-state index >= 15 is 0 Å². The number of hydrogen-bond donors (Lipinski definition) is 0. The monoisotopic (exact) mass is 187 g/mol. The normalized spacial score (nSPS) is 15.2. The first-order valence-electron chi connectivity index (χ1n) is 4.52. The van der Waals surface area contributed by atoms with Crippen molar-refractivity contribution in [2.75, 3.05) is 11.9 Å². The molecule has 14 heavy (non-hydrogen) atoms. The summed E-state index contributed by atoms with van der Waals surface area (Å²) in [6.45, 7) is 0. The Morgan fingerprint density at radius 2 is 2.29 bits per heavy atom. The third kappa shape index (κ3) is 0.839. The van der Waals surface area contributed by atoms with Crippen LogP contribution in [-0.4, -0.2) is 13.0 Å². The average molecular weight is 187 g/mol. The molecule has 0 spiro atoms. The molecule has 0 bridgehead atoms. The molecule has 2 heterocycles. The highest BCUT2D eigenvalue weighted by Gasteiger charge is 2.24. The lowest BCUT2D eigenvalue weighted by Crippen LogP contribution is -2.20. The van der Waals surface area contributed by atoms with Gasteiger partial charge in [0.2, 0.25) is 5.91 Å². The van der Waals surface area contributed by atoms with E-state index in [-0.39, 0.29) is 5.91 Å². The minimum atomic E-state index is 0.146. The highest BCUT2D eigenvalue weighted by molar-refractivity contribution is 6.03. The lowest BCUT2D eigenvalue weighted by atomic mass is 10.1. The summed E-state index contributed by atoms with van der Waals surface area (Å²) in [5, 5.41) is 1.05. The topological polar surface area (TPSA) is 33.5 Å². The summed E-state index contributed by atoms with van der Waals surface area (Å²) in [5.41, 5.74) is 2.91. The van der Waals surface area contributed by atoms with Crippen molar-refractivity contribution in [1.29, 1.82) is 0 Å². The molecule has 0 unspecified atom stereocenters. The van der Waals surface area contributed by atoms with Crippen LogP contribution in [-0.2, 0) is 11.2 Å². The molecule has 1 aliphatic heterocycles. The van der Waals surface area contributed by atoms with Crippen molar-refractivity contribution in [3.63, 3.8) is 0 Å². The van der Waals surface area contributed by atoms with E-state index in [4.69, 9.17) is 4.42 Å². The number of amides is 1. The molecule has 0 saturated heterocycles. The molecular weight excluding hydrogens is 178 g/mol. The van der Waals surface area contributed by atoms with Gasteiger partial charge in [0.15, 0.2) is 0 Å². The Hall–Kier alpha value is -1.77. The Morgan fingerprint density at radius 1 is 1.43 bits per heavy atom. The number of hydrogen-bond acceptors (Lipinski definition) is 2. The van der Waals surface area contributed by atoms with Crippen molar-refractivity contribution in [2.24, 2.45) is 0 Å². The summed E-state index contributed by atoms with van der Waals surface area (Å²) in [7, 11) is 1.81. The Bertz CT molecular complexity index is 527. The second-order valence-corrected chi connectivity index (χ2v) is 3.57. The van der Waals surface area contributed by atoms with E-state index < -0.39 is 0 Å². The van der Waals surface area contributed by atoms with Gasteiger partial charge in [0.25, 0.3) is 0 Å². The van der Waals surface area contributed by atoms with Crippen molar-refractivity contribution < 1.29 is 9.21 Å². The third-order valence-corrected chi connectivity index (χ3v) is 2.73. The fourth-order valence-electron chi connectivity index (χ4n) is 1.91. The van der Waals surface area contributed by atoms with Crippen LogP contribution in [0.1, 0.15) is 5.56 Å². The summed E-state index contributed by atoms with van der Waals surface area (Å²) < 4.78 is 5.28. The van der Waals surface area contributed by atoms with Crippen molar-refractivity contribution in [2.45, 2.75) is 6.42 Å². The molecule has 0 radical (unpaired) electrons. The molecule has 0 fully saturated rings. The van der Waals surface area contributed by atoms with Crippen molar-refractivity contribution in [3.8, 4) is 0 Å². The predicted octanol–water partition coefficient (Wildman–Crippen LogP) is 1.95. The predicted molar refractivity (Wildman–Crippen MR) is 53.3 cm³/mol. The van der Waals surface area contributed by atoms with Crippen molar-refractivity contribution in [3.05, 3.63) is 30.0 Å². The summed E-state index contributed by atoms with van der Waals surface area (Å²) in [6.07, 6.45) is 2.16. The van der Waals surface area contributed by atoms with Gasteiger partial charge < -0.3 is 9.32 Å². The van der Waals surface area contributed by atoms with E-state index in [0.717, 1.165) is 22.2 Å².